The molecule has 1 N–H and O–H groups in total. The SMILES string of the molecule is CCc1ccc(C(=O)N(C)CCN2CCNCC2)o1. The van der Waals surface area contributed by atoms with E-state index in [0.29, 0.717) is 5.76 Å². The zero-order valence-corrected chi connectivity index (χ0v) is 11.8. The number of piperazine rings is 1. The highest BCUT2D eigenvalue weighted by Gasteiger charge is 2.17. The molecule has 0 spiro atoms. The predicted octanol–water partition coefficient (Wildman–Crippen LogP) is 0.819. The van der Waals surface area contributed by atoms with Crippen LogP contribution in [0.25, 0.3) is 0 Å². The zero-order valence-electron chi connectivity index (χ0n) is 11.8. The number of likely N-dealkylation sites (N-methyl/N-ethyl adjacent to an activating group) is 1. The molecule has 0 atom stereocenters. The summed E-state index contributed by atoms with van der Waals surface area (Å²) < 4.78 is 5.49. The van der Waals surface area contributed by atoms with E-state index >= 15 is 0 Å². The first-order chi connectivity index (χ1) is 9.20. The van der Waals surface area contributed by atoms with Gasteiger partial charge in [0.15, 0.2) is 5.76 Å². The Hall–Kier alpha value is -1.33. The molecule has 1 aromatic heterocycles. The van der Waals surface area contributed by atoms with Crippen molar-refractivity contribution in [3.8, 4) is 0 Å². The van der Waals surface area contributed by atoms with Gasteiger partial charge in [-0.15, -0.1) is 0 Å². The van der Waals surface area contributed by atoms with E-state index in [2.05, 4.69) is 10.2 Å². The minimum absolute atomic E-state index is 0.0326. The minimum Gasteiger partial charge on any atom is -0.456 e. The smallest absolute Gasteiger partial charge is 0.289 e. The number of hydrogen-bond acceptors (Lipinski definition) is 4. The predicted molar refractivity (Wildman–Crippen MR) is 74.4 cm³/mol. The molecule has 106 valence electrons. The lowest BCUT2D eigenvalue weighted by Gasteiger charge is -2.28. The van der Waals surface area contributed by atoms with Gasteiger partial charge >= 0.3 is 0 Å². The molecule has 19 heavy (non-hydrogen) atoms. The molecule has 1 aromatic rings. The fraction of sp³-hybridized carbons (Fsp3) is 0.643. The summed E-state index contributed by atoms with van der Waals surface area (Å²) in [6.07, 6.45) is 0.817. The van der Waals surface area contributed by atoms with Gasteiger partial charge in [0.05, 0.1) is 0 Å². The van der Waals surface area contributed by atoms with E-state index in [9.17, 15) is 4.79 Å². The Labute approximate surface area is 114 Å². The van der Waals surface area contributed by atoms with Gasteiger partial charge in [0.1, 0.15) is 5.76 Å². The second-order valence-corrected chi connectivity index (χ2v) is 4.94. The first kappa shape index (κ1) is 14.1. The Morgan fingerprint density at radius 3 is 2.79 bits per heavy atom. The summed E-state index contributed by atoms with van der Waals surface area (Å²) in [5.74, 6) is 1.27. The third kappa shape index (κ3) is 3.81. The quantitative estimate of drug-likeness (QED) is 0.856. The van der Waals surface area contributed by atoms with E-state index in [1.54, 1.807) is 11.0 Å². The average Bonchev–Trinajstić information content (AvgIpc) is 2.94. The first-order valence-electron chi connectivity index (χ1n) is 6.98. The summed E-state index contributed by atoms with van der Waals surface area (Å²) in [5, 5.41) is 3.32. The van der Waals surface area contributed by atoms with Gasteiger partial charge in [-0.3, -0.25) is 9.69 Å². The Morgan fingerprint density at radius 2 is 2.16 bits per heavy atom. The van der Waals surface area contributed by atoms with E-state index in [4.69, 9.17) is 4.42 Å². The van der Waals surface area contributed by atoms with Gasteiger partial charge in [0.2, 0.25) is 0 Å². The molecule has 2 rings (SSSR count). The molecule has 1 saturated heterocycles. The van der Waals surface area contributed by atoms with Crippen molar-refractivity contribution in [1.82, 2.24) is 15.1 Å². The molecule has 0 aromatic carbocycles. The molecule has 0 bridgehead atoms. The van der Waals surface area contributed by atoms with Gasteiger partial charge < -0.3 is 14.6 Å². The second kappa shape index (κ2) is 6.73. The summed E-state index contributed by atoms with van der Waals surface area (Å²) in [7, 11) is 1.83. The second-order valence-electron chi connectivity index (χ2n) is 4.94. The van der Waals surface area contributed by atoms with E-state index in [0.717, 1.165) is 51.4 Å². The lowest BCUT2D eigenvalue weighted by atomic mass is 10.3. The number of hydrogen-bond donors (Lipinski definition) is 1. The largest absolute Gasteiger partial charge is 0.456 e. The highest BCUT2D eigenvalue weighted by molar-refractivity contribution is 5.91. The van der Waals surface area contributed by atoms with E-state index in [1.807, 2.05) is 20.0 Å². The molecule has 0 radical (unpaired) electrons. The fourth-order valence-corrected chi connectivity index (χ4v) is 2.20. The Bertz CT molecular complexity index is 411. The van der Waals surface area contributed by atoms with Crippen molar-refractivity contribution in [2.45, 2.75) is 13.3 Å². The lowest BCUT2D eigenvalue weighted by molar-refractivity contribution is 0.0742. The molecule has 2 heterocycles. The Kier molecular flexibility index (Phi) is 4.99. The normalized spacial score (nSPS) is 16.5. The highest BCUT2D eigenvalue weighted by Crippen LogP contribution is 2.10. The molecular weight excluding hydrogens is 242 g/mol. The number of furan rings is 1. The van der Waals surface area contributed by atoms with Crippen LogP contribution >= 0.6 is 0 Å². The van der Waals surface area contributed by atoms with Gasteiger partial charge in [-0.25, -0.2) is 0 Å². The number of aryl methyl sites for hydroxylation is 1. The third-order valence-corrected chi connectivity index (χ3v) is 3.53. The molecule has 5 heteroatoms. The number of amides is 1. The van der Waals surface area contributed by atoms with Crippen LogP contribution in [0.15, 0.2) is 16.5 Å². The maximum Gasteiger partial charge on any atom is 0.289 e. The van der Waals surface area contributed by atoms with Gasteiger partial charge in [0.25, 0.3) is 5.91 Å². The topological polar surface area (TPSA) is 48.7 Å². The zero-order chi connectivity index (χ0) is 13.7. The highest BCUT2D eigenvalue weighted by atomic mass is 16.4. The van der Waals surface area contributed by atoms with Crippen molar-refractivity contribution in [3.05, 3.63) is 23.7 Å². The molecular formula is C14H23N3O2. The van der Waals surface area contributed by atoms with Crippen LogP contribution in [0.3, 0.4) is 0 Å². The van der Waals surface area contributed by atoms with Crippen LogP contribution in [0.4, 0.5) is 0 Å². The molecule has 5 nitrogen and oxygen atoms in total. The molecule has 1 amide bonds. The summed E-state index contributed by atoms with van der Waals surface area (Å²) in [6.45, 7) is 7.87. The van der Waals surface area contributed by atoms with Crippen LogP contribution in [0.1, 0.15) is 23.2 Å². The first-order valence-corrected chi connectivity index (χ1v) is 6.98. The van der Waals surface area contributed by atoms with Gasteiger partial charge in [-0.1, -0.05) is 6.92 Å². The lowest BCUT2D eigenvalue weighted by Crippen LogP contribution is -2.46. The number of carbonyl (C=O) groups is 1. The summed E-state index contributed by atoms with van der Waals surface area (Å²) in [4.78, 5) is 16.3. The standard InChI is InChI=1S/C14H23N3O2/c1-3-12-4-5-13(19-12)14(18)16(2)10-11-17-8-6-15-7-9-17/h4-5,15H,3,6-11H2,1-2H3. The molecule has 1 fully saturated rings. The number of nitrogens with zero attached hydrogens (tertiary/aromatic N) is 2. The van der Waals surface area contributed by atoms with Crippen molar-refractivity contribution < 1.29 is 9.21 Å². The van der Waals surface area contributed by atoms with Crippen LogP contribution in [0, 0.1) is 0 Å². The molecule has 1 aliphatic heterocycles. The molecule has 0 unspecified atom stereocenters. The number of carbonyl (C=O) groups excluding carboxylic acids is 1. The van der Waals surface area contributed by atoms with Crippen molar-refractivity contribution in [2.24, 2.45) is 0 Å². The van der Waals surface area contributed by atoms with Crippen molar-refractivity contribution in [2.75, 3.05) is 46.3 Å². The summed E-state index contributed by atoms with van der Waals surface area (Å²) in [6, 6.07) is 3.64. The van der Waals surface area contributed by atoms with Crippen LogP contribution in [-0.4, -0.2) is 62.0 Å². The minimum atomic E-state index is -0.0326. The number of nitrogens with one attached hydrogen (secondary N) is 1. The van der Waals surface area contributed by atoms with Crippen LogP contribution in [0.5, 0.6) is 0 Å². The average molecular weight is 265 g/mol. The van der Waals surface area contributed by atoms with Crippen molar-refractivity contribution >= 4 is 5.91 Å². The van der Waals surface area contributed by atoms with Crippen LogP contribution < -0.4 is 5.32 Å². The number of rotatable bonds is 5. The van der Waals surface area contributed by atoms with Crippen molar-refractivity contribution in [3.63, 3.8) is 0 Å². The fourth-order valence-electron chi connectivity index (χ4n) is 2.20. The van der Waals surface area contributed by atoms with Crippen molar-refractivity contribution in [1.29, 1.82) is 0 Å². The molecule has 0 aliphatic carbocycles. The maximum atomic E-state index is 12.1. The van der Waals surface area contributed by atoms with Gasteiger partial charge in [-0.05, 0) is 12.1 Å². The third-order valence-electron chi connectivity index (χ3n) is 3.53. The van der Waals surface area contributed by atoms with Gasteiger partial charge in [0, 0.05) is 52.7 Å². The van der Waals surface area contributed by atoms with Crippen LogP contribution in [0.2, 0.25) is 0 Å². The monoisotopic (exact) mass is 265 g/mol. The van der Waals surface area contributed by atoms with E-state index in [-0.39, 0.29) is 5.91 Å². The van der Waals surface area contributed by atoms with Crippen LogP contribution in [-0.2, 0) is 6.42 Å². The summed E-state index contributed by atoms with van der Waals surface area (Å²) in [5.41, 5.74) is 0. The Morgan fingerprint density at radius 1 is 1.42 bits per heavy atom. The van der Waals surface area contributed by atoms with E-state index < -0.39 is 0 Å². The Balaban J connectivity index is 1.81. The maximum absolute atomic E-state index is 12.1. The van der Waals surface area contributed by atoms with Gasteiger partial charge in [-0.2, -0.15) is 0 Å². The molecule has 1 aliphatic rings. The summed E-state index contributed by atoms with van der Waals surface area (Å²) >= 11 is 0. The van der Waals surface area contributed by atoms with E-state index in [1.165, 1.54) is 0 Å². The molecule has 0 saturated carbocycles.